The Balaban J connectivity index is 1.32. The van der Waals surface area contributed by atoms with Gasteiger partial charge in [0.05, 0.1) is 28.7 Å². The number of fused-ring (bicyclic) bond motifs is 3. The summed E-state index contributed by atoms with van der Waals surface area (Å²) in [5, 5.41) is 5.98. The summed E-state index contributed by atoms with van der Waals surface area (Å²) >= 11 is 6.10. The molecule has 4 heterocycles. The van der Waals surface area contributed by atoms with Crippen LogP contribution in [-0.4, -0.2) is 34.2 Å². The zero-order valence-electron chi connectivity index (χ0n) is 15.5. The molecule has 7 nitrogen and oxygen atoms in total. The number of aromatic nitrogens is 2. The van der Waals surface area contributed by atoms with Crippen molar-refractivity contribution in [2.45, 2.75) is 37.5 Å². The van der Waals surface area contributed by atoms with Gasteiger partial charge in [0.2, 0.25) is 0 Å². The average Bonchev–Trinajstić information content (AvgIpc) is 3.41. The first-order valence-electron chi connectivity index (χ1n) is 9.49. The van der Waals surface area contributed by atoms with E-state index in [4.69, 9.17) is 21.1 Å². The number of anilines is 1. The molecule has 2 amide bonds. The van der Waals surface area contributed by atoms with Crippen LogP contribution in [0.25, 0.3) is 11.0 Å². The van der Waals surface area contributed by atoms with Crippen LogP contribution in [0.3, 0.4) is 0 Å². The smallest absolute Gasteiger partial charge is 0.319 e. The Morgan fingerprint density at radius 2 is 2.10 bits per heavy atom. The molecule has 2 aliphatic heterocycles. The van der Waals surface area contributed by atoms with Crippen LogP contribution < -0.4 is 15.4 Å². The van der Waals surface area contributed by atoms with E-state index >= 15 is 0 Å². The molecule has 3 N–H and O–H groups in total. The van der Waals surface area contributed by atoms with E-state index in [9.17, 15) is 13.6 Å². The summed E-state index contributed by atoms with van der Waals surface area (Å²) in [6, 6.07) is 2.80. The van der Waals surface area contributed by atoms with E-state index in [-0.39, 0.29) is 29.7 Å². The quantitative estimate of drug-likeness (QED) is 0.554. The summed E-state index contributed by atoms with van der Waals surface area (Å²) in [4.78, 5) is 19.1. The van der Waals surface area contributed by atoms with Crippen molar-refractivity contribution in [3.8, 4) is 11.5 Å². The van der Waals surface area contributed by atoms with Crippen LogP contribution in [0.2, 0.25) is 5.02 Å². The number of aromatic amines is 1. The lowest BCUT2D eigenvalue weighted by Gasteiger charge is -2.20. The van der Waals surface area contributed by atoms with E-state index in [1.807, 2.05) is 0 Å². The highest BCUT2D eigenvalue weighted by atomic mass is 35.5. The third-order valence-electron chi connectivity index (χ3n) is 5.38. The molecule has 2 saturated heterocycles. The van der Waals surface area contributed by atoms with Crippen molar-refractivity contribution in [2.24, 2.45) is 0 Å². The van der Waals surface area contributed by atoms with Gasteiger partial charge in [0.25, 0.3) is 0 Å². The Morgan fingerprint density at radius 1 is 1.30 bits per heavy atom. The second-order valence-corrected chi connectivity index (χ2v) is 7.76. The molecular formula is C20H17ClF2N4O3. The molecule has 30 heavy (non-hydrogen) atoms. The number of urea groups is 1. The Morgan fingerprint density at radius 3 is 2.80 bits per heavy atom. The molecule has 0 radical (unpaired) electrons. The second-order valence-electron chi connectivity index (χ2n) is 7.35. The highest BCUT2D eigenvalue weighted by Gasteiger charge is 2.41. The average molecular weight is 435 g/mol. The maximum atomic E-state index is 14.6. The van der Waals surface area contributed by atoms with Gasteiger partial charge >= 0.3 is 6.03 Å². The fraction of sp³-hybridized carbons (Fsp3) is 0.300. The van der Waals surface area contributed by atoms with Gasteiger partial charge in [-0.15, -0.1) is 0 Å². The number of halogens is 3. The molecule has 0 spiro atoms. The number of hydrogen-bond donors (Lipinski definition) is 3. The van der Waals surface area contributed by atoms with E-state index in [0.717, 1.165) is 31.4 Å². The van der Waals surface area contributed by atoms with E-state index in [2.05, 4.69) is 20.6 Å². The van der Waals surface area contributed by atoms with E-state index in [1.54, 1.807) is 0 Å². The molecule has 1 aromatic carbocycles. The third kappa shape index (κ3) is 3.44. The predicted octanol–water partition coefficient (Wildman–Crippen LogP) is 4.73. The first-order valence-corrected chi connectivity index (χ1v) is 9.87. The van der Waals surface area contributed by atoms with Crippen LogP contribution in [0.5, 0.6) is 11.5 Å². The van der Waals surface area contributed by atoms with Crippen LogP contribution in [0, 0.1) is 11.6 Å². The standard InChI is InChI=1S/C20H17ClF2N4O3/c21-11-8-25-19-17(11)16(3-4-24-19)30-18-12(22)5-9(6-13(18)23)26-20(28)27-14-7-10-1-2-15(14)29-10/h3-6,8,10,14-15H,1-2,7H2,(H,24,25)(H2,26,27,28). The molecule has 3 unspecified atom stereocenters. The summed E-state index contributed by atoms with van der Waals surface area (Å²) in [6.07, 6.45) is 5.77. The molecule has 2 aliphatic rings. The Labute approximate surface area is 174 Å². The normalized spacial score (nSPS) is 22.4. The lowest BCUT2D eigenvalue weighted by atomic mass is 9.96. The Bertz CT molecular complexity index is 1120. The van der Waals surface area contributed by atoms with E-state index < -0.39 is 23.4 Å². The van der Waals surface area contributed by atoms with Gasteiger partial charge in [-0.1, -0.05) is 11.6 Å². The van der Waals surface area contributed by atoms with Crippen LogP contribution >= 0.6 is 11.6 Å². The summed E-state index contributed by atoms with van der Waals surface area (Å²) in [7, 11) is 0. The molecule has 2 aromatic heterocycles. The van der Waals surface area contributed by atoms with Crippen molar-refractivity contribution in [3.05, 3.63) is 47.2 Å². The Kier molecular flexibility index (Phi) is 4.71. The van der Waals surface area contributed by atoms with Gasteiger partial charge in [-0.25, -0.2) is 18.6 Å². The monoisotopic (exact) mass is 434 g/mol. The zero-order valence-corrected chi connectivity index (χ0v) is 16.3. The summed E-state index contributed by atoms with van der Waals surface area (Å²) in [5.41, 5.74) is 0.399. The third-order valence-corrected chi connectivity index (χ3v) is 5.68. The van der Waals surface area contributed by atoms with Gasteiger partial charge in [0, 0.05) is 30.2 Å². The number of ether oxygens (including phenoxy) is 2. The fourth-order valence-corrected chi connectivity index (χ4v) is 4.28. The first-order chi connectivity index (χ1) is 14.5. The molecule has 10 heteroatoms. The molecule has 0 saturated carbocycles. The van der Waals surface area contributed by atoms with Crippen molar-refractivity contribution in [1.82, 2.24) is 15.3 Å². The number of nitrogens with one attached hydrogen (secondary N) is 3. The van der Waals surface area contributed by atoms with Gasteiger partial charge in [-0.05, 0) is 25.3 Å². The fourth-order valence-electron chi connectivity index (χ4n) is 4.04. The summed E-state index contributed by atoms with van der Waals surface area (Å²) in [5.74, 6) is -2.39. The largest absolute Gasteiger partial charge is 0.450 e. The molecule has 0 aliphatic carbocycles. The number of pyridine rings is 1. The molecule has 3 atom stereocenters. The number of amides is 2. The van der Waals surface area contributed by atoms with Gasteiger partial charge in [-0.2, -0.15) is 0 Å². The van der Waals surface area contributed by atoms with E-state index in [0.29, 0.717) is 16.1 Å². The molecule has 156 valence electrons. The van der Waals surface area contributed by atoms with Gasteiger partial charge in [0.15, 0.2) is 17.4 Å². The highest BCUT2D eigenvalue weighted by molar-refractivity contribution is 6.36. The number of nitrogens with zero attached hydrogens (tertiary/aromatic N) is 1. The highest BCUT2D eigenvalue weighted by Crippen LogP contribution is 2.37. The maximum Gasteiger partial charge on any atom is 0.319 e. The SMILES string of the molecule is O=C(Nc1cc(F)c(Oc2ccnc3[nH]cc(Cl)c23)c(F)c1)NC1CC2CCC1O2. The van der Waals surface area contributed by atoms with Crippen LogP contribution in [0.1, 0.15) is 19.3 Å². The van der Waals surface area contributed by atoms with Crippen LogP contribution in [0.4, 0.5) is 19.3 Å². The topological polar surface area (TPSA) is 88.3 Å². The van der Waals surface area contributed by atoms with Crippen LogP contribution in [0.15, 0.2) is 30.6 Å². The van der Waals surface area contributed by atoms with Crippen molar-refractivity contribution in [1.29, 1.82) is 0 Å². The van der Waals surface area contributed by atoms with Crippen molar-refractivity contribution in [2.75, 3.05) is 5.32 Å². The molecule has 5 rings (SSSR count). The minimum absolute atomic E-state index is 0.00227. The van der Waals surface area contributed by atoms with Gasteiger partial charge in [0.1, 0.15) is 11.4 Å². The Hall–Kier alpha value is -2.91. The van der Waals surface area contributed by atoms with E-state index in [1.165, 1.54) is 18.5 Å². The number of carbonyl (C=O) groups is 1. The number of carbonyl (C=O) groups excluding carboxylic acids is 1. The second kappa shape index (κ2) is 7.41. The summed E-state index contributed by atoms with van der Waals surface area (Å²) < 4.78 is 40.3. The summed E-state index contributed by atoms with van der Waals surface area (Å²) in [6.45, 7) is 0. The lowest BCUT2D eigenvalue weighted by Crippen LogP contribution is -2.43. The maximum absolute atomic E-state index is 14.6. The number of hydrogen-bond acceptors (Lipinski definition) is 4. The predicted molar refractivity (Wildman–Crippen MR) is 106 cm³/mol. The van der Waals surface area contributed by atoms with Crippen molar-refractivity contribution in [3.63, 3.8) is 0 Å². The van der Waals surface area contributed by atoms with Crippen molar-refractivity contribution < 1.29 is 23.0 Å². The minimum Gasteiger partial charge on any atom is -0.450 e. The molecular weight excluding hydrogens is 418 g/mol. The lowest BCUT2D eigenvalue weighted by molar-refractivity contribution is 0.0984. The zero-order chi connectivity index (χ0) is 20.8. The minimum atomic E-state index is -0.967. The van der Waals surface area contributed by atoms with Crippen molar-refractivity contribution >= 4 is 34.4 Å². The molecule has 2 fully saturated rings. The molecule has 3 aromatic rings. The van der Waals surface area contributed by atoms with Crippen LogP contribution in [-0.2, 0) is 4.74 Å². The number of rotatable bonds is 4. The molecule has 2 bridgehead atoms. The number of H-pyrrole nitrogens is 1. The van der Waals surface area contributed by atoms with Gasteiger partial charge in [-0.3, -0.25) is 0 Å². The first kappa shape index (κ1) is 19.1. The number of benzene rings is 1. The van der Waals surface area contributed by atoms with Gasteiger partial charge < -0.3 is 25.1 Å².